The van der Waals surface area contributed by atoms with E-state index >= 15 is 0 Å². The number of hydrogen-bond donors (Lipinski definition) is 0. The zero-order valence-corrected chi connectivity index (χ0v) is 14.2. The molecule has 10 heteroatoms. The summed E-state index contributed by atoms with van der Waals surface area (Å²) in [5.41, 5.74) is 0.612. The van der Waals surface area contributed by atoms with Crippen molar-refractivity contribution < 1.29 is 18.1 Å². The summed E-state index contributed by atoms with van der Waals surface area (Å²) in [6.07, 6.45) is 0.215. The highest BCUT2D eigenvalue weighted by atomic mass is 32.2. The number of sulfonamides is 1. The maximum Gasteiger partial charge on any atom is 0.269 e. The molecule has 0 saturated carbocycles. The highest BCUT2D eigenvalue weighted by Crippen LogP contribution is 2.24. The van der Waals surface area contributed by atoms with E-state index in [1.54, 1.807) is 12.1 Å². The second kappa shape index (κ2) is 6.73. The van der Waals surface area contributed by atoms with Crippen molar-refractivity contribution >= 4 is 15.7 Å². The predicted molar refractivity (Wildman–Crippen MR) is 87.7 cm³/mol. The van der Waals surface area contributed by atoms with E-state index in [4.69, 9.17) is 4.74 Å². The Labute approximate surface area is 144 Å². The number of aryl methyl sites for hydroxylation is 1. The summed E-state index contributed by atoms with van der Waals surface area (Å²) < 4.78 is 32.2. The molecule has 1 fully saturated rings. The summed E-state index contributed by atoms with van der Waals surface area (Å²) >= 11 is 0. The minimum atomic E-state index is -3.72. The molecular formula is C15H16N4O5S. The molecule has 132 valence electrons. The lowest BCUT2D eigenvalue weighted by molar-refractivity contribution is -0.384. The van der Waals surface area contributed by atoms with Crippen molar-refractivity contribution in [2.24, 2.45) is 0 Å². The van der Waals surface area contributed by atoms with Crippen LogP contribution in [0.25, 0.3) is 0 Å². The lowest BCUT2D eigenvalue weighted by Crippen LogP contribution is -2.31. The van der Waals surface area contributed by atoms with Gasteiger partial charge in [0, 0.05) is 24.7 Å². The molecule has 0 bridgehead atoms. The second-order valence-corrected chi connectivity index (χ2v) is 7.59. The van der Waals surface area contributed by atoms with E-state index in [2.05, 4.69) is 10.2 Å². The van der Waals surface area contributed by atoms with Crippen LogP contribution in [0.1, 0.15) is 12.1 Å². The smallest absolute Gasteiger partial charge is 0.269 e. The number of aromatic nitrogens is 2. The lowest BCUT2D eigenvalue weighted by Gasteiger charge is -2.16. The Morgan fingerprint density at radius 1 is 1.20 bits per heavy atom. The quantitative estimate of drug-likeness (QED) is 0.583. The second-order valence-electron chi connectivity index (χ2n) is 5.66. The third-order valence-corrected chi connectivity index (χ3v) is 5.73. The van der Waals surface area contributed by atoms with Crippen LogP contribution in [0.3, 0.4) is 0 Å². The molecule has 9 nitrogen and oxygen atoms in total. The summed E-state index contributed by atoms with van der Waals surface area (Å²) in [5.74, 6) is 0.352. The fourth-order valence-corrected chi connectivity index (χ4v) is 4.01. The first kappa shape index (κ1) is 17.2. The molecule has 1 aliphatic heterocycles. The van der Waals surface area contributed by atoms with Crippen LogP contribution in [0.5, 0.6) is 5.88 Å². The average molecular weight is 364 g/mol. The van der Waals surface area contributed by atoms with E-state index in [0.717, 1.165) is 5.69 Å². The minimum absolute atomic E-state index is 0.0221. The molecule has 0 radical (unpaired) electrons. The van der Waals surface area contributed by atoms with Gasteiger partial charge in [0.05, 0.1) is 22.1 Å². The summed E-state index contributed by atoms with van der Waals surface area (Å²) in [4.78, 5) is 10.1. The van der Waals surface area contributed by atoms with Gasteiger partial charge < -0.3 is 4.74 Å². The Hall–Kier alpha value is -2.59. The monoisotopic (exact) mass is 364 g/mol. The summed E-state index contributed by atoms with van der Waals surface area (Å²) in [6.45, 7) is 2.31. The first-order valence-electron chi connectivity index (χ1n) is 7.58. The van der Waals surface area contributed by atoms with E-state index in [9.17, 15) is 18.5 Å². The summed E-state index contributed by atoms with van der Waals surface area (Å²) in [6, 6.07) is 8.30. The van der Waals surface area contributed by atoms with Gasteiger partial charge >= 0.3 is 0 Å². The number of nitro groups is 1. The topological polar surface area (TPSA) is 116 Å². The SMILES string of the molecule is Cc1ccc(OC2CCN(S(=O)(=O)c3ccc([N+](=O)[O-])cc3)C2)nn1. The number of rotatable bonds is 5. The largest absolute Gasteiger partial charge is 0.472 e. The van der Waals surface area contributed by atoms with Gasteiger partial charge in [0.25, 0.3) is 5.69 Å². The van der Waals surface area contributed by atoms with Crippen molar-refractivity contribution in [2.45, 2.75) is 24.3 Å². The summed E-state index contributed by atoms with van der Waals surface area (Å²) in [5, 5.41) is 18.5. The number of hydrogen-bond acceptors (Lipinski definition) is 7. The van der Waals surface area contributed by atoms with E-state index in [-0.39, 0.29) is 23.2 Å². The van der Waals surface area contributed by atoms with Crippen molar-refractivity contribution in [3.8, 4) is 5.88 Å². The Morgan fingerprint density at radius 3 is 2.52 bits per heavy atom. The molecule has 0 spiro atoms. The van der Waals surface area contributed by atoms with Crippen molar-refractivity contribution in [2.75, 3.05) is 13.1 Å². The molecule has 1 unspecified atom stereocenters. The fourth-order valence-electron chi connectivity index (χ4n) is 2.52. The molecule has 1 atom stereocenters. The Kier molecular flexibility index (Phi) is 4.64. The minimum Gasteiger partial charge on any atom is -0.472 e. The molecule has 2 aromatic rings. The standard InChI is InChI=1S/C15H16N4O5S/c1-11-2-7-15(17-16-11)24-13-8-9-18(10-13)25(22,23)14-5-3-12(4-6-14)19(20)21/h2-7,13H,8-10H2,1H3. The van der Waals surface area contributed by atoms with Crippen LogP contribution in [0.2, 0.25) is 0 Å². The van der Waals surface area contributed by atoms with Crippen molar-refractivity contribution in [3.63, 3.8) is 0 Å². The predicted octanol–water partition coefficient (Wildman–Crippen LogP) is 1.54. The normalized spacial score (nSPS) is 18.2. The van der Waals surface area contributed by atoms with E-state index in [1.165, 1.54) is 28.6 Å². The van der Waals surface area contributed by atoms with Gasteiger partial charge in [-0.05, 0) is 31.5 Å². The van der Waals surface area contributed by atoms with Gasteiger partial charge in [-0.25, -0.2) is 8.42 Å². The number of non-ortho nitro benzene ring substituents is 1. The zero-order chi connectivity index (χ0) is 18.0. The maximum absolute atomic E-state index is 12.6. The number of nitrogens with zero attached hydrogens (tertiary/aromatic N) is 4. The molecule has 1 aromatic carbocycles. The number of benzene rings is 1. The highest BCUT2D eigenvalue weighted by Gasteiger charge is 2.34. The summed E-state index contributed by atoms with van der Waals surface area (Å²) in [7, 11) is -3.72. The van der Waals surface area contributed by atoms with Crippen molar-refractivity contribution in [1.29, 1.82) is 0 Å². The number of ether oxygens (including phenoxy) is 1. The molecule has 0 amide bonds. The van der Waals surface area contributed by atoms with Crippen molar-refractivity contribution in [1.82, 2.24) is 14.5 Å². The van der Waals surface area contributed by atoms with Crippen LogP contribution in [-0.4, -0.2) is 47.0 Å². The third-order valence-electron chi connectivity index (χ3n) is 3.85. The average Bonchev–Trinajstić information content (AvgIpc) is 3.06. The first-order valence-corrected chi connectivity index (χ1v) is 9.02. The van der Waals surface area contributed by atoms with Crippen LogP contribution in [0, 0.1) is 17.0 Å². The first-order chi connectivity index (χ1) is 11.9. The molecule has 25 heavy (non-hydrogen) atoms. The van der Waals surface area contributed by atoms with Crippen LogP contribution in [0.15, 0.2) is 41.3 Å². The number of nitro benzene ring substituents is 1. The van der Waals surface area contributed by atoms with E-state index < -0.39 is 14.9 Å². The van der Waals surface area contributed by atoms with Gasteiger partial charge in [0.1, 0.15) is 6.10 Å². The van der Waals surface area contributed by atoms with Crippen LogP contribution >= 0.6 is 0 Å². The van der Waals surface area contributed by atoms with Gasteiger partial charge in [-0.2, -0.15) is 9.40 Å². The molecule has 1 aliphatic rings. The third kappa shape index (κ3) is 3.74. The van der Waals surface area contributed by atoms with Gasteiger partial charge in [0.15, 0.2) is 0 Å². The molecular weight excluding hydrogens is 348 g/mol. The molecule has 3 rings (SSSR count). The van der Waals surface area contributed by atoms with Gasteiger partial charge in [-0.15, -0.1) is 5.10 Å². The molecule has 1 saturated heterocycles. The molecule has 1 aromatic heterocycles. The Morgan fingerprint density at radius 2 is 1.92 bits per heavy atom. The molecule has 2 heterocycles. The Balaban J connectivity index is 1.69. The van der Waals surface area contributed by atoms with E-state index in [1.807, 2.05) is 6.92 Å². The van der Waals surface area contributed by atoms with E-state index in [0.29, 0.717) is 18.8 Å². The lowest BCUT2D eigenvalue weighted by atomic mass is 10.3. The Bertz CT molecular complexity index is 868. The van der Waals surface area contributed by atoms with Crippen LogP contribution in [-0.2, 0) is 10.0 Å². The molecule has 0 N–H and O–H groups in total. The van der Waals surface area contributed by atoms with Gasteiger partial charge in [0.2, 0.25) is 15.9 Å². The fraction of sp³-hybridized carbons (Fsp3) is 0.333. The highest BCUT2D eigenvalue weighted by molar-refractivity contribution is 7.89. The molecule has 0 aliphatic carbocycles. The van der Waals surface area contributed by atoms with Crippen LogP contribution in [0.4, 0.5) is 5.69 Å². The van der Waals surface area contributed by atoms with Crippen molar-refractivity contribution in [3.05, 3.63) is 52.2 Å². The maximum atomic E-state index is 12.6. The van der Waals surface area contributed by atoms with Gasteiger partial charge in [-0.1, -0.05) is 0 Å². The van der Waals surface area contributed by atoms with Crippen LogP contribution < -0.4 is 4.74 Å². The zero-order valence-electron chi connectivity index (χ0n) is 13.4. The van der Waals surface area contributed by atoms with Gasteiger partial charge in [-0.3, -0.25) is 10.1 Å².